The third-order valence-electron chi connectivity index (χ3n) is 5.89. The van der Waals surface area contributed by atoms with Crippen molar-refractivity contribution < 1.29 is 22.7 Å². The second-order valence-corrected chi connectivity index (χ2v) is 8.89. The highest BCUT2D eigenvalue weighted by Crippen LogP contribution is 2.49. The van der Waals surface area contributed by atoms with Crippen molar-refractivity contribution in [3.63, 3.8) is 0 Å². The van der Waals surface area contributed by atoms with E-state index < -0.39 is 29.1 Å². The number of pyridine rings is 1. The van der Waals surface area contributed by atoms with Crippen LogP contribution in [-0.4, -0.2) is 23.6 Å². The van der Waals surface area contributed by atoms with Gasteiger partial charge in [-0.3, -0.25) is 4.98 Å². The summed E-state index contributed by atoms with van der Waals surface area (Å²) >= 11 is 6.80. The molecule has 0 radical (unpaired) electrons. The first kappa shape index (κ1) is 24.1. The van der Waals surface area contributed by atoms with Gasteiger partial charge in [-0.1, -0.05) is 32.0 Å². The Balaban J connectivity index is 1.75. The van der Waals surface area contributed by atoms with Crippen LogP contribution < -0.4 is 4.90 Å². The predicted octanol–water partition coefficient (Wildman–Crippen LogP) is 7.25. The summed E-state index contributed by atoms with van der Waals surface area (Å²) in [5.74, 6) is -0.0822. The number of ether oxygens (including phenoxy) is 1. The standard InChI is InChI=1S/C26H24ClF3N2O2/c1-4-34-25(33)24-23(27)20-13-17(21-11-8-18(14-31-21)26(28,29)30)7-12-22(20)32(24)19-9-5-16(6-10-19)15(2)3/h5-15,23-24H,4H2,1-3H3. The highest BCUT2D eigenvalue weighted by Gasteiger charge is 2.44. The number of hydrogen-bond acceptors (Lipinski definition) is 4. The predicted molar refractivity (Wildman–Crippen MR) is 126 cm³/mol. The minimum atomic E-state index is -4.46. The molecule has 2 atom stereocenters. The van der Waals surface area contributed by atoms with Gasteiger partial charge in [0.15, 0.2) is 6.04 Å². The summed E-state index contributed by atoms with van der Waals surface area (Å²) < 4.78 is 44.0. The number of esters is 1. The average molecular weight is 489 g/mol. The van der Waals surface area contributed by atoms with Gasteiger partial charge in [-0.15, -0.1) is 11.6 Å². The van der Waals surface area contributed by atoms with Crippen LogP contribution in [0.3, 0.4) is 0 Å². The Bertz CT molecular complexity index is 1180. The number of hydrogen-bond donors (Lipinski definition) is 0. The second kappa shape index (κ2) is 9.29. The van der Waals surface area contributed by atoms with Crippen LogP contribution in [0.2, 0.25) is 0 Å². The molecule has 0 bridgehead atoms. The van der Waals surface area contributed by atoms with Gasteiger partial charge in [0.25, 0.3) is 0 Å². The van der Waals surface area contributed by atoms with Crippen molar-refractivity contribution in [2.24, 2.45) is 0 Å². The normalized spacial score (nSPS) is 17.7. The molecule has 0 N–H and O–H groups in total. The first-order valence-corrected chi connectivity index (χ1v) is 11.4. The number of carbonyl (C=O) groups is 1. The number of alkyl halides is 4. The Morgan fingerprint density at radius 1 is 1.12 bits per heavy atom. The maximum Gasteiger partial charge on any atom is 0.417 e. The quantitative estimate of drug-likeness (QED) is 0.280. The fraction of sp³-hybridized carbons (Fsp3) is 0.308. The van der Waals surface area contributed by atoms with E-state index >= 15 is 0 Å². The molecule has 0 saturated heterocycles. The molecule has 178 valence electrons. The van der Waals surface area contributed by atoms with Crippen LogP contribution in [0.15, 0.2) is 60.8 Å². The molecular weight excluding hydrogens is 465 g/mol. The van der Waals surface area contributed by atoms with Gasteiger partial charge in [0.2, 0.25) is 0 Å². The maximum atomic E-state index is 12.9. The molecular formula is C26H24ClF3N2O2. The van der Waals surface area contributed by atoms with E-state index in [0.29, 0.717) is 22.7 Å². The Morgan fingerprint density at radius 2 is 1.82 bits per heavy atom. The highest BCUT2D eigenvalue weighted by molar-refractivity contribution is 6.25. The smallest absolute Gasteiger partial charge is 0.417 e. The first-order valence-electron chi connectivity index (χ1n) is 11.0. The average Bonchev–Trinajstić information content (AvgIpc) is 3.10. The number of nitrogens with zero attached hydrogens (tertiary/aromatic N) is 2. The minimum Gasteiger partial charge on any atom is -0.464 e. The van der Waals surface area contributed by atoms with E-state index in [4.69, 9.17) is 16.3 Å². The Labute approximate surface area is 201 Å². The molecule has 0 amide bonds. The summed E-state index contributed by atoms with van der Waals surface area (Å²) in [6.07, 6.45) is -3.64. The van der Waals surface area contributed by atoms with Gasteiger partial charge in [0.1, 0.15) is 0 Å². The van der Waals surface area contributed by atoms with Gasteiger partial charge in [-0.25, -0.2) is 4.79 Å². The van der Waals surface area contributed by atoms with Gasteiger partial charge in [0, 0.05) is 23.1 Å². The molecule has 3 aromatic rings. The summed E-state index contributed by atoms with van der Waals surface area (Å²) in [6, 6.07) is 14.8. The van der Waals surface area contributed by atoms with Crippen LogP contribution in [-0.2, 0) is 15.7 Å². The van der Waals surface area contributed by atoms with E-state index in [9.17, 15) is 18.0 Å². The number of carbonyl (C=O) groups excluding carboxylic acids is 1. The first-order chi connectivity index (χ1) is 16.1. The Kier molecular flexibility index (Phi) is 6.58. The largest absolute Gasteiger partial charge is 0.464 e. The molecule has 4 rings (SSSR count). The summed E-state index contributed by atoms with van der Waals surface area (Å²) in [5, 5.41) is -0.715. The van der Waals surface area contributed by atoms with Gasteiger partial charge >= 0.3 is 12.1 Å². The van der Waals surface area contributed by atoms with Crippen LogP contribution >= 0.6 is 11.6 Å². The van der Waals surface area contributed by atoms with Crippen LogP contribution in [0, 0.1) is 0 Å². The molecule has 0 fully saturated rings. The monoisotopic (exact) mass is 488 g/mol. The third kappa shape index (κ3) is 4.49. The maximum absolute atomic E-state index is 12.9. The van der Waals surface area contributed by atoms with Crippen molar-refractivity contribution >= 4 is 28.9 Å². The van der Waals surface area contributed by atoms with E-state index in [2.05, 4.69) is 18.8 Å². The molecule has 2 heterocycles. The van der Waals surface area contributed by atoms with Crippen molar-refractivity contribution in [2.75, 3.05) is 11.5 Å². The van der Waals surface area contributed by atoms with E-state index in [-0.39, 0.29) is 6.61 Å². The van der Waals surface area contributed by atoms with Crippen molar-refractivity contribution in [1.82, 2.24) is 4.98 Å². The number of aromatic nitrogens is 1. The van der Waals surface area contributed by atoms with Crippen molar-refractivity contribution in [3.8, 4) is 11.3 Å². The summed E-state index contributed by atoms with van der Waals surface area (Å²) in [5.41, 5.74) is 3.57. The summed E-state index contributed by atoms with van der Waals surface area (Å²) in [7, 11) is 0. The molecule has 4 nitrogen and oxygen atoms in total. The van der Waals surface area contributed by atoms with Crippen molar-refractivity contribution in [1.29, 1.82) is 0 Å². The lowest BCUT2D eigenvalue weighted by Crippen LogP contribution is -2.37. The number of fused-ring (bicyclic) bond motifs is 1. The molecule has 8 heteroatoms. The van der Waals surface area contributed by atoms with Crippen LogP contribution in [0.4, 0.5) is 24.5 Å². The third-order valence-corrected chi connectivity index (χ3v) is 6.37. The molecule has 2 unspecified atom stereocenters. The van der Waals surface area contributed by atoms with Gasteiger partial charge in [-0.05, 0) is 60.4 Å². The van der Waals surface area contributed by atoms with E-state index in [1.807, 2.05) is 35.2 Å². The molecule has 1 aliphatic heterocycles. The van der Waals surface area contributed by atoms with E-state index in [0.717, 1.165) is 23.6 Å². The van der Waals surface area contributed by atoms with Gasteiger partial charge in [-0.2, -0.15) is 13.2 Å². The zero-order chi connectivity index (χ0) is 24.6. The number of rotatable bonds is 5. The van der Waals surface area contributed by atoms with Crippen molar-refractivity contribution in [2.45, 2.75) is 44.3 Å². The molecule has 0 saturated carbocycles. The van der Waals surface area contributed by atoms with Crippen LogP contribution in [0.1, 0.15) is 48.8 Å². The second-order valence-electron chi connectivity index (χ2n) is 8.42. The lowest BCUT2D eigenvalue weighted by Gasteiger charge is -2.27. The fourth-order valence-electron chi connectivity index (χ4n) is 4.11. The lowest BCUT2D eigenvalue weighted by atomic mass is 10.0. The van der Waals surface area contributed by atoms with Crippen molar-refractivity contribution in [3.05, 3.63) is 77.5 Å². The number of halogens is 4. The Hall–Kier alpha value is -3.06. The highest BCUT2D eigenvalue weighted by atomic mass is 35.5. The van der Waals surface area contributed by atoms with Crippen LogP contribution in [0.25, 0.3) is 11.3 Å². The van der Waals surface area contributed by atoms with Gasteiger partial charge in [0.05, 0.1) is 23.2 Å². The lowest BCUT2D eigenvalue weighted by molar-refractivity contribution is -0.144. The molecule has 34 heavy (non-hydrogen) atoms. The molecule has 1 aromatic heterocycles. The Morgan fingerprint density at radius 3 is 2.38 bits per heavy atom. The molecule has 0 aliphatic carbocycles. The summed E-state index contributed by atoms with van der Waals surface area (Å²) in [4.78, 5) is 18.7. The zero-order valence-corrected chi connectivity index (χ0v) is 19.7. The summed E-state index contributed by atoms with van der Waals surface area (Å²) in [6.45, 7) is 6.16. The topological polar surface area (TPSA) is 42.4 Å². The fourth-order valence-corrected chi connectivity index (χ4v) is 4.50. The molecule has 2 aromatic carbocycles. The number of anilines is 2. The molecule has 1 aliphatic rings. The minimum absolute atomic E-state index is 0.218. The SMILES string of the molecule is CCOC(=O)C1C(Cl)c2cc(-c3ccc(C(F)(F)F)cn3)ccc2N1c1ccc(C(C)C)cc1. The van der Waals surface area contributed by atoms with E-state index in [1.54, 1.807) is 19.1 Å². The van der Waals surface area contributed by atoms with E-state index in [1.165, 1.54) is 11.6 Å². The van der Waals surface area contributed by atoms with Gasteiger partial charge < -0.3 is 9.64 Å². The zero-order valence-electron chi connectivity index (χ0n) is 18.9. The van der Waals surface area contributed by atoms with Crippen LogP contribution in [0.5, 0.6) is 0 Å². The number of benzene rings is 2. The molecule has 0 spiro atoms.